The van der Waals surface area contributed by atoms with Crippen molar-refractivity contribution in [3.8, 4) is 0 Å². The smallest absolute Gasteiger partial charge is 0.257 e. The summed E-state index contributed by atoms with van der Waals surface area (Å²) in [5.74, 6) is -0.0554. The monoisotopic (exact) mass is 501 g/mol. The molecule has 5 rings (SSSR count). The van der Waals surface area contributed by atoms with E-state index < -0.39 is 5.72 Å². The van der Waals surface area contributed by atoms with Crippen LogP contribution in [0.15, 0.2) is 73.3 Å². The van der Waals surface area contributed by atoms with Crippen molar-refractivity contribution in [3.05, 3.63) is 112 Å². The lowest BCUT2D eigenvalue weighted by atomic mass is 9.91. The van der Waals surface area contributed by atoms with E-state index in [1.165, 1.54) is 5.56 Å². The van der Waals surface area contributed by atoms with Crippen molar-refractivity contribution < 1.29 is 14.3 Å². The van der Waals surface area contributed by atoms with Crippen LogP contribution in [0, 0.1) is 12.3 Å². The number of amides is 1. The van der Waals surface area contributed by atoms with E-state index in [1.54, 1.807) is 7.11 Å². The average Bonchev–Trinajstić information content (AvgIpc) is 3.60. The average molecular weight is 502 g/mol. The van der Waals surface area contributed by atoms with Gasteiger partial charge in [0.05, 0.1) is 13.2 Å². The maximum absolute atomic E-state index is 14.1. The Morgan fingerprint density at radius 2 is 1.72 bits per heavy atom. The van der Waals surface area contributed by atoms with Gasteiger partial charge in [-0.2, -0.15) is 0 Å². The molecule has 0 bridgehead atoms. The van der Waals surface area contributed by atoms with Gasteiger partial charge in [-0.25, -0.2) is 0 Å². The van der Waals surface area contributed by atoms with Gasteiger partial charge in [-0.3, -0.25) is 9.69 Å². The number of carbonyl (C=O) groups excluding carboxylic acids is 1. The molecule has 3 aromatic rings. The highest BCUT2D eigenvalue weighted by molar-refractivity contribution is 6.30. The third kappa shape index (κ3) is 4.39. The molecule has 1 unspecified atom stereocenters. The SMILES string of the molecule is C=C(C)c1ccc2c(c1)C(=O)N(Cc1ccc(C)cc1)C2(OCC1(COC)CC1)c1ccc(Cl)cc1. The van der Waals surface area contributed by atoms with E-state index >= 15 is 0 Å². The summed E-state index contributed by atoms with van der Waals surface area (Å²) in [6, 6.07) is 22.0. The Morgan fingerprint density at radius 1 is 1.03 bits per heavy atom. The zero-order chi connectivity index (χ0) is 25.5. The van der Waals surface area contributed by atoms with E-state index in [-0.39, 0.29) is 11.3 Å². The molecule has 0 radical (unpaired) electrons. The zero-order valence-corrected chi connectivity index (χ0v) is 21.9. The minimum Gasteiger partial charge on any atom is -0.384 e. The van der Waals surface area contributed by atoms with Crippen molar-refractivity contribution >= 4 is 23.1 Å². The number of halogens is 1. The molecule has 5 heteroatoms. The summed E-state index contributed by atoms with van der Waals surface area (Å²) in [4.78, 5) is 16.0. The number of fused-ring (bicyclic) bond motifs is 1. The quantitative estimate of drug-likeness (QED) is 0.317. The van der Waals surface area contributed by atoms with Crippen molar-refractivity contribution in [3.63, 3.8) is 0 Å². The van der Waals surface area contributed by atoms with Crippen LogP contribution in [0.2, 0.25) is 5.02 Å². The predicted molar refractivity (Wildman–Crippen MR) is 144 cm³/mol. The molecular weight excluding hydrogens is 470 g/mol. The standard InChI is InChI=1S/C31H32ClNO3/c1-21(2)24-9-14-28-27(17-24)29(34)33(18-23-7-5-22(3)6-8-23)31(28,25-10-12-26(32)13-11-25)36-20-30(15-16-30)19-35-4/h5-14,17H,1,15-16,18-20H2,2-4H3. The number of ether oxygens (including phenoxy) is 2. The lowest BCUT2D eigenvalue weighted by Crippen LogP contribution is -2.47. The van der Waals surface area contributed by atoms with E-state index in [9.17, 15) is 4.79 Å². The van der Waals surface area contributed by atoms with E-state index in [0.29, 0.717) is 30.3 Å². The highest BCUT2D eigenvalue weighted by Crippen LogP contribution is 2.51. The highest BCUT2D eigenvalue weighted by atomic mass is 35.5. The summed E-state index contributed by atoms with van der Waals surface area (Å²) >= 11 is 6.28. The molecule has 0 aromatic heterocycles. The van der Waals surface area contributed by atoms with E-state index in [1.807, 2.05) is 54.3 Å². The molecule has 36 heavy (non-hydrogen) atoms. The van der Waals surface area contributed by atoms with Crippen molar-refractivity contribution in [1.82, 2.24) is 4.90 Å². The molecule has 3 aromatic carbocycles. The second-order valence-electron chi connectivity index (χ2n) is 10.3. The van der Waals surface area contributed by atoms with Crippen LogP contribution < -0.4 is 0 Å². The van der Waals surface area contributed by atoms with Crippen LogP contribution in [-0.4, -0.2) is 31.1 Å². The molecule has 1 atom stereocenters. The Kier molecular flexibility index (Phi) is 6.54. The van der Waals surface area contributed by atoms with Crippen molar-refractivity contribution in [2.24, 2.45) is 5.41 Å². The highest BCUT2D eigenvalue weighted by Gasteiger charge is 2.54. The van der Waals surface area contributed by atoms with Crippen LogP contribution in [-0.2, 0) is 21.7 Å². The van der Waals surface area contributed by atoms with Crippen molar-refractivity contribution in [1.29, 1.82) is 0 Å². The van der Waals surface area contributed by atoms with Gasteiger partial charge in [0.25, 0.3) is 5.91 Å². The van der Waals surface area contributed by atoms with Crippen LogP contribution in [0.4, 0.5) is 0 Å². The number of nitrogens with zero attached hydrogens (tertiary/aromatic N) is 1. The fourth-order valence-electron chi connectivity index (χ4n) is 5.07. The van der Waals surface area contributed by atoms with E-state index in [0.717, 1.165) is 40.7 Å². The number of hydrogen-bond donors (Lipinski definition) is 0. The molecule has 186 valence electrons. The lowest BCUT2D eigenvalue weighted by Gasteiger charge is -2.40. The van der Waals surface area contributed by atoms with Crippen LogP contribution >= 0.6 is 11.6 Å². The van der Waals surface area contributed by atoms with Crippen molar-refractivity contribution in [2.45, 2.75) is 39.0 Å². The molecule has 1 saturated carbocycles. The minimum atomic E-state index is -1.08. The van der Waals surface area contributed by atoms with Gasteiger partial charge in [0.15, 0.2) is 5.72 Å². The van der Waals surface area contributed by atoms with Crippen molar-refractivity contribution in [2.75, 3.05) is 20.3 Å². The molecule has 1 aliphatic carbocycles. The lowest BCUT2D eigenvalue weighted by molar-refractivity contribution is -0.130. The Hall–Kier alpha value is -2.92. The summed E-state index contributed by atoms with van der Waals surface area (Å²) in [5, 5.41) is 0.638. The predicted octanol–water partition coefficient (Wildman–Crippen LogP) is 6.98. The summed E-state index contributed by atoms with van der Waals surface area (Å²) in [6.45, 7) is 9.64. The van der Waals surface area contributed by atoms with Gasteiger partial charge in [-0.15, -0.1) is 0 Å². The van der Waals surface area contributed by atoms with Gasteiger partial charge in [-0.05, 0) is 56.0 Å². The van der Waals surface area contributed by atoms with Crippen LogP contribution in [0.3, 0.4) is 0 Å². The van der Waals surface area contributed by atoms with Gasteiger partial charge in [0.2, 0.25) is 0 Å². The van der Waals surface area contributed by atoms with E-state index in [2.05, 4.69) is 37.8 Å². The molecule has 1 aliphatic heterocycles. The minimum absolute atomic E-state index is 0.0207. The van der Waals surface area contributed by atoms with Gasteiger partial charge in [-0.1, -0.05) is 77.8 Å². The molecule has 1 heterocycles. The fourth-order valence-corrected chi connectivity index (χ4v) is 5.20. The zero-order valence-electron chi connectivity index (χ0n) is 21.1. The van der Waals surface area contributed by atoms with Crippen LogP contribution in [0.25, 0.3) is 5.57 Å². The maximum atomic E-state index is 14.1. The topological polar surface area (TPSA) is 38.8 Å². The number of benzene rings is 3. The first-order valence-electron chi connectivity index (χ1n) is 12.3. The summed E-state index contributed by atoms with van der Waals surface area (Å²) in [5.41, 5.74) is 5.35. The Balaban J connectivity index is 1.68. The van der Waals surface area contributed by atoms with Gasteiger partial charge >= 0.3 is 0 Å². The molecular formula is C31H32ClNO3. The van der Waals surface area contributed by atoms with Crippen LogP contribution in [0.1, 0.15) is 57.9 Å². The third-order valence-corrected chi connectivity index (χ3v) is 7.68. The Morgan fingerprint density at radius 3 is 2.33 bits per heavy atom. The molecule has 0 N–H and O–H groups in total. The number of allylic oxidation sites excluding steroid dienone is 1. The first kappa shape index (κ1) is 24.8. The molecule has 2 aliphatic rings. The van der Waals surface area contributed by atoms with Gasteiger partial charge in [0, 0.05) is 40.8 Å². The largest absolute Gasteiger partial charge is 0.384 e. The number of hydrogen-bond acceptors (Lipinski definition) is 3. The molecule has 1 amide bonds. The first-order chi connectivity index (χ1) is 17.3. The second kappa shape index (κ2) is 9.51. The summed E-state index contributed by atoms with van der Waals surface area (Å²) in [7, 11) is 1.73. The Bertz CT molecular complexity index is 1290. The fraction of sp³-hybridized carbons (Fsp3) is 0.323. The molecule has 4 nitrogen and oxygen atoms in total. The molecule has 1 fully saturated rings. The second-order valence-corrected chi connectivity index (χ2v) is 10.7. The normalized spacial score (nSPS) is 19.9. The summed E-state index contributed by atoms with van der Waals surface area (Å²) < 4.78 is 12.5. The summed E-state index contributed by atoms with van der Waals surface area (Å²) in [6.07, 6.45) is 2.09. The molecule has 0 spiro atoms. The number of methoxy groups -OCH3 is 1. The van der Waals surface area contributed by atoms with Gasteiger partial charge in [0.1, 0.15) is 0 Å². The molecule has 0 saturated heterocycles. The Labute approximate surface area is 218 Å². The first-order valence-corrected chi connectivity index (χ1v) is 12.7. The van der Waals surface area contributed by atoms with Crippen LogP contribution in [0.5, 0.6) is 0 Å². The third-order valence-electron chi connectivity index (χ3n) is 7.42. The number of aryl methyl sites for hydroxylation is 1. The van der Waals surface area contributed by atoms with E-state index in [4.69, 9.17) is 21.1 Å². The maximum Gasteiger partial charge on any atom is 0.257 e. The number of rotatable bonds is 9. The number of carbonyl (C=O) groups is 1. The van der Waals surface area contributed by atoms with Gasteiger partial charge < -0.3 is 9.47 Å².